The molecule has 0 heterocycles. The Labute approximate surface area is 113 Å². The molecule has 0 unspecified atom stereocenters. The van der Waals surface area contributed by atoms with Crippen LogP contribution < -0.4 is 0 Å². The van der Waals surface area contributed by atoms with Gasteiger partial charge >= 0.3 is 0 Å². The zero-order chi connectivity index (χ0) is 14.2. The van der Waals surface area contributed by atoms with Crippen LogP contribution in [0.2, 0.25) is 0 Å². The topological polar surface area (TPSA) is 40.9 Å². The number of Topliss-reactive ketones (excluding diaryl/α,β-unsaturated/α-hetero) is 1. The Balaban J connectivity index is 2.70. The molecule has 94 valence electrons. The van der Waals surface area contributed by atoms with E-state index in [1.807, 2.05) is 31.2 Å². The first-order valence-corrected chi connectivity index (χ1v) is 6.08. The molecule has 0 atom stereocenters. The van der Waals surface area contributed by atoms with Gasteiger partial charge in [0.25, 0.3) is 0 Å². The van der Waals surface area contributed by atoms with Crippen molar-refractivity contribution in [2.75, 3.05) is 0 Å². The fourth-order valence-corrected chi connectivity index (χ4v) is 2.31. The van der Waals surface area contributed by atoms with Crippen molar-refractivity contribution in [3.8, 4) is 6.07 Å². The monoisotopic (exact) mass is 249 g/mol. The van der Waals surface area contributed by atoms with Crippen LogP contribution in [-0.4, -0.2) is 5.78 Å². The summed E-state index contributed by atoms with van der Waals surface area (Å²) in [6, 6.07) is 8.05. The Morgan fingerprint density at radius 1 is 1.37 bits per heavy atom. The van der Waals surface area contributed by atoms with Gasteiger partial charge in [-0.2, -0.15) is 5.26 Å². The molecule has 0 fully saturated rings. The highest BCUT2D eigenvalue weighted by atomic mass is 16.1. The van der Waals surface area contributed by atoms with E-state index in [0.717, 1.165) is 27.8 Å². The van der Waals surface area contributed by atoms with Gasteiger partial charge in [-0.3, -0.25) is 4.79 Å². The number of hydrogen-bond donors (Lipinski definition) is 0. The number of nitriles is 1. The van der Waals surface area contributed by atoms with Gasteiger partial charge in [0.05, 0.1) is 0 Å². The van der Waals surface area contributed by atoms with E-state index in [4.69, 9.17) is 0 Å². The molecule has 0 spiro atoms. The van der Waals surface area contributed by atoms with Crippen molar-refractivity contribution in [1.82, 2.24) is 0 Å². The quantitative estimate of drug-likeness (QED) is 0.590. The molecule has 0 saturated heterocycles. The smallest absolute Gasteiger partial charge is 0.198 e. The number of carbonyl (C=O) groups is 1. The van der Waals surface area contributed by atoms with Gasteiger partial charge in [-0.05, 0) is 48.1 Å². The van der Waals surface area contributed by atoms with E-state index in [1.54, 1.807) is 6.92 Å². The summed E-state index contributed by atoms with van der Waals surface area (Å²) >= 11 is 0. The number of rotatable bonds is 2. The molecule has 0 aliphatic heterocycles. The number of aryl methyl sites for hydroxylation is 1. The van der Waals surface area contributed by atoms with Crippen LogP contribution in [0, 0.1) is 18.3 Å². The lowest BCUT2D eigenvalue weighted by Crippen LogP contribution is -2.04. The number of nitrogens with zero attached hydrogens (tertiary/aromatic N) is 1. The van der Waals surface area contributed by atoms with Gasteiger partial charge in [0.15, 0.2) is 5.78 Å². The van der Waals surface area contributed by atoms with E-state index in [0.29, 0.717) is 12.0 Å². The molecule has 1 aromatic carbocycles. The summed E-state index contributed by atoms with van der Waals surface area (Å²) in [5.41, 5.74) is 5.39. The Kier molecular flexibility index (Phi) is 3.23. The Bertz CT molecular complexity index is 684. The first kappa shape index (κ1) is 13.0. The zero-order valence-electron chi connectivity index (χ0n) is 11.2. The lowest BCUT2D eigenvalue weighted by atomic mass is 9.96. The SMILES string of the molecule is C=C(C)C(=O)/C(C#N)=C1\CC(=C)c2ccc(C)cc21. The molecule has 1 aromatic rings. The summed E-state index contributed by atoms with van der Waals surface area (Å²) in [5, 5.41) is 9.29. The fraction of sp³-hybridized carbons (Fsp3) is 0.176. The minimum Gasteiger partial charge on any atom is -0.288 e. The van der Waals surface area contributed by atoms with Gasteiger partial charge in [-0.15, -0.1) is 0 Å². The fourth-order valence-electron chi connectivity index (χ4n) is 2.31. The van der Waals surface area contributed by atoms with Gasteiger partial charge in [0.1, 0.15) is 11.6 Å². The van der Waals surface area contributed by atoms with Crippen LogP contribution in [0.25, 0.3) is 11.1 Å². The highest BCUT2D eigenvalue weighted by Crippen LogP contribution is 2.41. The minimum absolute atomic E-state index is 0.193. The number of hydrogen-bond acceptors (Lipinski definition) is 2. The zero-order valence-corrected chi connectivity index (χ0v) is 11.2. The number of fused-ring (bicyclic) bond motifs is 1. The first-order valence-electron chi connectivity index (χ1n) is 6.08. The molecule has 0 aromatic heterocycles. The van der Waals surface area contributed by atoms with E-state index >= 15 is 0 Å². The minimum atomic E-state index is -0.278. The van der Waals surface area contributed by atoms with Crippen LogP contribution in [0.5, 0.6) is 0 Å². The molecule has 1 aliphatic rings. The maximum atomic E-state index is 12.1. The average Bonchev–Trinajstić information content (AvgIpc) is 2.67. The first-order chi connectivity index (χ1) is 8.95. The summed E-state index contributed by atoms with van der Waals surface area (Å²) in [7, 11) is 0. The van der Waals surface area contributed by atoms with Gasteiger partial charge < -0.3 is 0 Å². The second kappa shape index (κ2) is 4.70. The number of allylic oxidation sites excluding steroid dienone is 4. The predicted octanol–water partition coefficient (Wildman–Crippen LogP) is 3.83. The maximum Gasteiger partial charge on any atom is 0.198 e. The summed E-state index contributed by atoms with van der Waals surface area (Å²) in [4.78, 5) is 12.1. The van der Waals surface area contributed by atoms with Crippen LogP contribution in [0.1, 0.15) is 30.0 Å². The van der Waals surface area contributed by atoms with Crippen LogP contribution in [-0.2, 0) is 4.79 Å². The van der Waals surface area contributed by atoms with Crippen molar-refractivity contribution in [1.29, 1.82) is 5.26 Å². The van der Waals surface area contributed by atoms with Crippen molar-refractivity contribution in [2.45, 2.75) is 20.3 Å². The van der Waals surface area contributed by atoms with Gasteiger partial charge in [-0.25, -0.2) is 0 Å². The number of benzene rings is 1. The highest BCUT2D eigenvalue weighted by Gasteiger charge is 2.25. The molecular formula is C17H15NO. The molecular weight excluding hydrogens is 234 g/mol. The van der Waals surface area contributed by atoms with Gasteiger partial charge in [0, 0.05) is 0 Å². The van der Waals surface area contributed by atoms with Crippen LogP contribution in [0.3, 0.4) is 0 Å². The van der Waals surface area contributed by atoms with Crippen molar-refractivity contribution in [3.63, 3.8) is 0 Å². The average molecular weight is 249 g/mol. The van der Waals surface area contributed by atoms with E-state index in [-0.39, 0.29) is 11.4 Å². The van der Waals surface area contributed by atoms with E-state index in [9.17, 15) is 10.1 Å². The van der Waals surface area contributed by atoms with E-state index in [2.05, 4.69) is 13.2 Å². The third-order valence-electron chi connectivity index (χ3n) is 3.30. The summed E-state index contributed by atoms with van der Waals surface area (Å²) in [6.07, 6.45) is 0.556. The molecule has 2 heteroatoms. The van der Waals surface area contributed by atoms with Gasteiger partial charge in [-0.1, -0.05) is 36.9 Å². The Morgan fingerprint density at radius 2 is 2.05 bits per heavy atom. The molecule has 0 N–H and O–H groups in total. The van der Waals surface area contributed by atoms with Gasteiger partial charge in [0.2, 0.25) is 0 Å². The molecule has 19 heavy (non-hydrogen) atoms. The molecule has 2 rings (SSSR count). The largest absolute Gasteiger partial charge is 0.288 e. The second-order valence-electron chi connectivity index (χ2n) is 4.90. The molecule has 0 amide bonds. The molecule has 0 radical (unpaired) electrons. The standard InChI is InChI=1S/C17H15NO/c1-10(2)17(19)16(9-18)15-8-12(4)13-6-5-11(3)7-14(13)15/h5-7H,1,4,8H2,2-3H3/b16-15+. The lowest BCUT2D eigenvalue weighted by molar-refractivity contribution is -0.111. The maximum absolute atomic E-state index is 12.1. The summed E-state index contributed by atoms with van der Waals surface area (Å²) in [6.45, 7) is 11.3. The van der Waals surface area contributed by atoms with Crippen molar-refractivity contribution in [3.05, 3.63) is 59.2 Å². The molecule has 2 nitrogen and oxygen atoms in total. The Morgan fingerprint density at radius 3 is 2.63 bits per heavy atom. The van der Waals surface area contributed by atoms with Crippen molar-refractivity contribution in [2.24, 2.45) is 0 Å². The lowest BCUT2D eigenvalue weighted by Gasteiger charge is -2.05. The van der Waals surface area contributed by atoms with Crippen LogP contribution >= 0.6 is 0 Å². The molecule has 0 saturated carbocycles. The third-order valence-corrected chi connectivity index (χ3v) is 3.30. The summed E-state index contributed by atoms with van der Waals surface area (Å²) < 4.78 is 0. The second-order valence-corrected chi connectivity index (χ2v) is 4.90. The van der Waals surface area contributed by atoms with Crippen LogP contribution in [0.15, 0.2) is 42.5 Å². The normalized spacial score (nSPS) is 15.7. The summed E-state index contributed by atoms with van der Waals surface area (Å²) in [5.74, 6) is -0.278. The van der Waals surface area contributed by atoms with Crippen molar-refractivity contribution >= 4 is 16.9 Å². The molecule has 0 bridgehead atoms. The van der Waals surface area contributed by atoms with E-state index < -0.39 is 0 Å². The van der Waals surface area contributed by atoms with Crippen LogP contribution in [0.4, 0.5) is 0 Å². The number of carbonyl (C=O) groups excluding carboxylic acids is 1. The van der Waals surface area contributed by atoms with E-state index in [1.165, 1.54) is 0 Å². The molecule has 1 aliphatic carbocycles. The third kappa shape index (κ3) is 2.15. The Hall–Kier alpha value is -2.40. The van der Waals surface area contributed by atoms with Crippen molar-refractivity contribution < 1.29 is 4.79 Å². The number of ketones is 1. The highest BCUT2D eigenvalue weighted by molar-refractivity contribution is 6.17. The predicted molar refractivity (Wildman–Crippen MR) is 77.2 cm³/mol.